The molecule has 0 fully saturated rings. The van der Waals surface area contributed by atoms with Crippen molar-refractivity contribution in [2.24, 2.45) is 0 Å². The molecule has 0 unspecified atom stereocenters. The summed E-state index contributed by atoms with van der Waals surface area (Å²) in [6.07, 6.45) is 0.566. The van der Waals surface area contributed by atoms with Gasteiger partial charge in [0.2, 0.25) is 15.9 Å². The minimum Gasteiger partial charge on any atom is -0.399 e. The third-order valence-corrected chi connectivity index (χ3v) is 3.95. The maximum absolute atomic E-state index is 12.0. The Bertz CT molecular complexity index is 540. The summed E-state index contributed by atoms with van der Waals surface area (Å²) in [5.74, 6) is -0.402. The van der Waals surface area contributed by atoms with Crippen LogP contribution in [0.4, 0.5) is 5.69 Å². The summed E-state index contributed by atoms with van der Waals surface area (Å²) in [4.78, 5) is 11.2. The predicted octanol–water partition coefficient (Wildman–Crippen LogP) is -0.144. The minimum atomic E-state index is -3.72. The molecule has 0 saturated heterocycles. The van der Waals surface area contributed by atoms with Gasteiger partial charge in [0.05, 0.1) is 11.4 Å². The number of nitrogen functional groups attached to an aromatic ring is 1. The summed E-state index contributed by atoms with van der Waals surface area (Å²) < 4.78 is 26.3. The number of amides is 1. The molecule has 1 aromatic carbocycles. The maximum atomic E-state index is 12.0. The monoisotopic (exact) mass is 271 g/mol. The Labute approximate surface area is 107 Å². The molecule has 18 heavy (non-hydrogen) atoms. The lowest BCUT2D eigenvalue weighted by Crippen LogP contribution is -2.35. The van der Waals surface area contributed by atoms with Gasteiger partial charge in [-0.3, -0.25) is 4.79 Å². The molecule has 1 amide bonds. The lowest BCUT2D eigenvalue weighted by molar-refractivity contribution is -0.119. The molecule has 1 aromatic rings. The fourth-order valence-electron chi connectivity index (χ4n) is 1.44. The SMILES string of the molecule is CCc1ccc(N)cc1S(=O)(=O)NCC(=O)NC. The van der Waals surface area contributed by atoms with Crippen molar-refractivity contribution < 1.29 is 13.2 Å². The van der Waals surface area contributed by atoms with Crippen molar-refractivity contribution in [3.05, 3.63) is 23.8 Å². The van der Waals surface area contributed by atoms with Crippen molar-refractivity contribution in [3.63, 3.8) is 0 Å². The van der Waals surface area contributed by atoms with Gasteiger partial charge in [-0.1, -0.05) is 13.0 Å². The van der Waals surface area contributed by atoms with E-state index in [0.29, 0.717) is 17.7 Å². The van der Waals surface area contributed by atoms with Crippen LogP contribution in [0.3, 0.4) is 0 Å². The van der Waals surface area contributed by atoms with Gasteiger partial charge in [-0.15, -0.1) is 0 Å². The molecule has 0 aliphatic heterocycles. The number of sulfonamides is 1. The van der Waals surface area contributed by atoms with Gasteiger partial charge in [-0.05, 0) is 24.1 Å². The Morgan fingerprint density at radius 1 is 1.39 bits per heavy atom. The van der Waals surface area contributed by atoms with Crippen LogP contribution >= 0.6 is 0 Å². The Balaban J connectivity index is 3.04. The van der Waals surface area contributed by atoms with Gasteiger partial charge >= 0.3 is 0 Å². The lowest BCUT2D eigenvalue weighted by Gasteiger charge is -2.10. The molecule has 0 atom stereocenters. The van der Waals surface area contributed by atoms with E-state index in [2.05, 4.69) is 10.0 Å². The number of aryl methyl sites for hydroxylation is 1. The molecule has 0 radical (unpaired) electrons. The van der Waals surface area contributed by atoms with E-state index >= 15 is 0 Å². The van der Waals surface area contributed by atoms with Crippen LogP contribution in [0.15, 0.2) is 23.1 Å². The number of anilines is 1. The zero-order valence-electron chi connectivity index (χ0n) is 10.4. The minimum absolute atomic E-state index is 0.119. The molecule has 0 spiro atoms. The maximum Gasteiger partial charge on any atom is 0.241 e. The summed E-state index contributed by atoms with van der Waals surface area (Å²) in [6.45, 7) is 1.56. The van der Waals surface area contributed by atoms with Crippen molar-refractivity contribution in [3.8, 4) is 0 Å². The zero-order chi connectivity index (χ0) is 13.8. The molecule has 0 aliphatic carbocycles. The van der Waals surface area contributed by atoms with E-state index in [0.717, 1.165) is 0 Å². The zero-order valence-corrected chi connectivity index (χ0v) is 11.2. The Kier molecular flexibility index (Phi) is 4.69. The smallest absolute Gasteiger partial charge is 0.241 e. The number of hydrogen-bond acceptors (Lipinski definition) is 4. The molecule has 0 bridgehead atoms. The number of nitrogens with one attached hydrogen (secondary N) is 2. The summed E-state index contributed by atoms with van der Waals surface area (Å²) in [6, 6.07) is 4.71. The standard InChI is InChI=1S/C11H17N3O3S/c1-3-8-4-5-9(12)6-10(8)18(16,17)14-7-11(15)13-2/h4-6,14H,3,7,12H2,1-2H3,(H,13,15). The van der Waals surface area contributed by atoms with Crippen LogP contribution < -0.4 is 15.8 Å². The lowest BCUT2D eigenvalue weighted by atomic mass is 10.1. The average Bonchev–Trinajstić information content (AvgIpc) is 2.36. The van der Waals surface area contributed by atoms with E-state index in [-0.39, 0.29) is 11.4 Å². The van der Waals surface area contributed by atoms with Gasteiger partial charge in [0.15, 0.2) is 0 Å². The van der Waals surface area contributed by atoms with Crippen LogP contribution in [0.25, 0.3) is 0 Å². The van der Waals surface area contributed by atoms with Crippen molar-refractivity contribution >= 4 is 21.6 Å². The molecule has 1 rings (SSSR count). The Morgan fingerprint density at radius 2 is 2.06 bits per heavy atom. The van der Waals surface area contributed by atoms with E-state index in [9.17, 15) is 13.2 Å². The van der Waals surface area contributed by atoms with Crippen molar-refractivity contribution in [1.29, 1.82) is 0 Å². The third-order valence-electron chi connectivity index (χ3n) is 2.46. The number of benzene rings is 1. The van der Waals surface area contributed by atoms with Crippen LogP contribution in [0.2, 0.25) is 0 Å². The van der Waals surface area contributed by atoms with Crippen molar-refractivity contribution in [1.82, 2.24) is 10.0 Å². The van der Waals surface area contributed by atoms with Gasteiger partial charge < -0.3 is 11.1 Å². The van der Waals surface area contributed by atoms with Gasteiger partial charge in [0, 0.05) is 12.7 Å². The van der Waals surface area contributed by atoms with Gasteiger partial charge in [0.1, 0.15) is 0 Å². The fourth-order valence-corrected chi connectivity index (χ4v) is 2.77. The highest BCUT2D eigenvalue weighted by Gasteiger charge is 2.18. The van der Waals surface area contributed by atoms with Crippen LogP contribution in [0.1, 0.15) is 12.5 Å². The summed E-state index contributed by atoms with van der Waals surface area (Å²) in [5.41, 5.74) is 6.62. The van der Waals surface area contributed by atoms with Crippen molar-refractivity contribution in [2.75, 3.05) is 19.3 Å². The first-order valence-electron chi connectivity index (χ1n) is 5.49. The quantitative estimate of drug-likeness (QED) is 0.648. The molecule has 0 heterocycles. The van der Waals surface area contributed by atoms with E-state index in [1.165, 1.54) is 13.1 Å². The Hall–Kier alpha value is -1.60. The molecule has 4 N–H and O–H groups in total. The number of carbonyl (C=O) groups is 1. The molecule has 0 aromatic heterocycles. The summed E-state index contributed by atoms with van der Waals surface area (Å²) >= 11 is 0. The first-order chi connectivity index (χ1) is 8.40. The van der Waals surface area contributed by atoms with Gasteiger partial charge in [-0.25, -0.2) is 13.1 Å². The number of hydrogen-bond donors (Lipinski definition) is 3. The number of carbonyl (C=O) groups excluding carboxylic acids is 1. The first-order valence-corrected chi connectivity index (χ1v) is 6.97. The number of rotatable bonds is 5. The largest absolute Gasteiger partial charge is 0.399 e. The van der Waals surface area contributed by atoms with Crippen molar-refractivity contribution in [2.45, 2.75) is 18.2 Å². The van der Waals surface area contributed by atoms with Crippen LogP contribution in [0, 0.1) is 0 Å². The van der Waals surface area contributed by atoms with Gasteiger partial charge in [0.25, 0.3) is 0 Å². The summed E-state index contributed by atoms with van der Waals surface area (Å²) in [7, 11) is -2.28. The highest BCUT2D eigenvalue weighted by atomic mass is 32.2. The van der Waals surface area contributed by atoms with E-state index in [1.807, 2.05) is 6.92 Å². The predicted molar refractivity (Wildman–Crippen MR) is 69.5 cm³/mol. The first kappa shape index (κ1) is 14.5. The molecular formula is C11H17N3O3S. The highest BCUT2D eigenvalue weighted by molar-refractivity contribution is 7.89. The van der Waals surface area contributed by atoms with E-state index < -0.39 is 15.9 Å². The van der Waals surface area contributed by atoms with Crippen LogP contribution in [-0.2, 0) is 21.2 Å². The second-order valence-corrected chi connectivity index (χ2v) is 5.45. The molecule has 0 saturated carbocycles. The highest BCUT2D eigenvalue weighted by Crippen LogP contribution is 2.19. The van der Waals surface area contributed by atoms with Gasteiger partial charge in [-0.2, -0.15) is 0 Å². The Morgan fingerprint density at radius 3 is 2.61 bits per heavy atom. The number of likely N-dealkylation sites (N-methyl/N-ethyl adjacent to an activating group) is 1. The van der Waals surface area contributed by atoms with Crippen LogP contribution in [-0.4, -0.2) is 27.9 Å². The van der Waals surface area contributed by atoms with E-state index in [1.54, 1.807) is 12.1 Å². The second kappa shape index (κ2) is 5.83. The topological polar surface area (TPSA) is 101 Å². The normalized spacial score (nSPS) is 11.2. The van der Waals surface area contributed by atoms with E-state index in [4.69, 9.17) is 5.73 Å². The average molecular weight is 271 g/mol. The third kappa shape index (κ3) is 3.44. The molecule has 7 heteroatoms. The second-order valence-electron chi connectivity index (χ2n) is 3.72. The van der Waals surface area contributed by atoms with Crippen LogP contribution in [0.5, 0.6) is 0 Å². The molecular weight excluding hydrogens is 254 g/mol. The summed E-state index contributed by atoms with van der Waals surface area (Å²) in [5, 5.41) is 2.34. The molecule has 6 nitrogen and oxygen atoms in total. The number of nitrogens with two attached hydrogens (primary N) is 1. The molecule has 100 valence electrons. The fraction of sp³-hybridized carbons (Fsp3) is 0.364. The molecule has 0 aliphatic rings.